The van der Waals surface area contributed by atoms with Gasteiger partial charge in [0.2, 0.25) is 5.82 Å². The molecule has 0 aliphatic rings. The number of benzene rings is 2. The molecule has 0 spiro atoms. The third kappa shape index (κ3) is 2.92. The fourth-order valence-electron chi connectivity index (χ4n) is 3.10. The molecular weight excluding hydrogens is 364 g/mol. The standard InChI is InChI=1S/C20H17ClN4O2/c1-11(2)25-17-8-7-13(9-16(17)18(21)23-25)20-22-19(24-27-20)15-6-4-5-14(10-26)12(15)3/h4-11H,1-3H3. The fourth-order valence-corrected chi connectivity index (χ4v) is 3.34. The molecule has 0 saturated carbocycles. The Morgan fingerprint density at radius 1 is 1.22 bits per heavy atom. The van der Waals surface area contributed by atoms with Crippen molar-refractivity contribution >= 4 is 28.8 Å². The third-order valence-corrected chi connectivity index (χ3v) is 4.85. The van der Waals surface area contributed by atoms with Gasteiger partial charge in [-0.2, -0.15) is 10.1 Å². The maximum absolute atomic E-state index is 11.2. The summed E-state index contributed by atoms with van der Waals surface area (Å²) in [5.74, 6) is 0.825. The van der Waals surface area contributed by atoms with Crippen LogP contribution in [0.4, 0.5) is 0 Å². The second-order valence-corrected chi connectivity index (χ2v) is 6.98. The van der Waals surface area contributed by atoms with Gasteiger partial charge in [0.25, 0.3) is 5.89 Å². The summed E-state index contributed by atoms with van der Waals surface area (Å²) >= 11 is 6.30. The van der Waals surface area contributed by atoms with Crippen molar-refractivity contribution in [3.63, 3.8) is 0 Å². The SMILES string of the molecule is Cc1c(C=O)cccc1-c1noc(-c2ccc3c(c2)c(Cl)nn3C(C)C)n1. The van der Waals surface area contributed by atoms with Crippen LogP contribution in [0.5, 0.6) is 0 Å². The Hall–Kier alpha value is -2.99. The van der Waals surface area contributed by atoms with Crippen LogP contribution in [0.3, 0.4) is 0 Å². The summed E-state index contributed by atoms with van der Waals surface area (Å²) in [6.07, 6.45) is 0.822. The van der Waals surface area contributed by atoms with Gasteiger partial charge in [-0.05, 0) is 44.5 Å². The predicted octanol–water partition coefficient (Wildman–Crippen LogP) is 5.11. The smallest absolute Gasteiger partial charge is 0.258 e. The van der Waals surface area contributed by atoms with E-state index in [9.17, 15) is 4.79 Å². The lowest BCUT2D eigenvalue weighted by atomic mass is 10.0. The van der Waals surface area contributed by atoms with Crippen molar-refractivity contribution in [2.45, 2.75) is 26.8 Å². The van der Waals surface area contributed by atoms with E-state index in [-0.39, 0.29) is 6.04 Å². The Morgan fingerprint density at radius 3 is 2.78 bits per heavy atom. The van der Waals surface area contributed by atoms with Gasteiger partial charge < -0.3 is 4.52 Å². The zero-order valence-electron chi connectivity index (χ0n) is 15.1. The minimum Gasteiger partial charge on any atom is -0.334 e. The summed E-state index contributed by atoms with van der Waals surface area (Å²) in [4.78, 5) is 15.7. The molecule has 27 heavy (non-hydrogen) atoms. The number of aldehydes is 1. The average molecular weight is 381 g/mol. The Labute approximate surface area is 160 Å². The molecule has 0 fully saturated rings. The molecule has 0 aliphatic carbocycles. The minimum absolute atomic E-state index is 0.203. The highest BCUT2D eigenvalue weighted by Crippen LogP contribution is 2.31. The van der Waals surface area contributed by atoms with E-state index in [0.717, 1.165) is 33.9 Å². The van der Waals surface area contributed by atoms with Crippen molar-refractivity contribution in [3.05, 3.63) is 52.7 Å². The van der Waals surface area contributed by atoms with E-state index in [4.69, 9.17) is 16.1 Å². The quantitative estimate of drug-likeness (QED) is 0.460. The summed E-state index contributed by atoms with van der Waals surface area (Å²) < 4.78 is 7.34. The van der Waals surface area contributed by atoms with Crippen molar-refractivity contribution in [3.8, 4) is 22.8 Å². The number of carbonyl (C=O) groups excluding carboxylic acids is 1. The first-order chi connectivity index (χ1) is 13.0. The largest absolute Gasteiger partial charge is 0.334 e. The van der Waals surface area contributed by atoms with Gasteiger partial charge in [0.05, 0.1) is 5.52 Å². The van der Waals surface area contributed by atoms with Gasteiger partial charge in [0, 0.05) is 28.1 Å². The van der Waals surface area contributed by atoms with Crippen LogP contribution in [0.15, 0.2) is 40.9 Å². The second kappa shape index (κ2) is 6.63. The zero-order valence-corrected chi connectivity index (χ0v) is 15.9. The van der Waals surface area contributed by atoms with Gasteiger partial charge in [0.15, 0.2) is 5.15 Å². The Kier molecular flexibility index (Phi) is 4.28. The molecule has 6 nitrogen and oxygen atoms in total. The van der Waals surface area contributed by atoms with Crippen molar-refractivity contribution in [1.29, 1.82) is 0 Å². The molecule has 7 heteroatoms. The van der Waals surface area contributed by atoms with Crippen LogP contribution in [0.2, 0.25) is 5.15 Å². The summed E-state index contributed by atoms with van der Waals surface area (Å²) in [5.41, 5.74) is 3.90. The molecule has 0 N–H and O–H groups in total. The molecule has 0 unspecified atom stereocenters. The van der Waals surface area contributed by atoms with Gasteiger partial charge in [0.1, 0.15) is 6.29 Å². The van der Waals surface area contributed by atoms with E-state index in [1.54, 1.807) is 12.1 Å². The van der Waals surface area contributed by atoms with Crippen LogP contribution >= 0.6 is 11.6 Å². The van der Waals surface area contributed by atoms with Gasteiger partial charge in [-0.15, -0.1) is 0 Å². The van der Waals surface area contributed by atoms with Crippen LogP contribution in [0.1, 0.15) is 35.8 Å². The number of halogens is 1. The molecule has 0 saturated heterocycles. The molecule has 2 heterocycles. The van der Waals surface area contributed by atoms with Crippen LogP contribution in [0.25, 0.3) is 33.7 Å². The van der Waals surface area contributed by atoms with E-state index in [1.807, 2.05) is 35.9 Å². The molecule has 136 valence electrons. The highest BCUT2D eigenvalue weighted by atomic mass is 35.5. The lowest BCUT2D eigenvalue weighted by Crippen LogP contribution is -2.01. The third-order valence-electron chi connectivity index (χ3n) is 4.57. The number of rotatable bonds is 4. The van der Waals surface area contributed by atoms with E-state index in [0.29, 0.717) is 22.4 Å². The highest BCUT2D eigenvalue weighted by Gasteiger charge is 2.17. The normalized spacial score (nSPS) is 11.4. The summed E-state index contributed by atoms with van der Waals surface area (Å²) in [7, 11) is 0. The summed E-state index contributed by atoms with van der Waals surface area (Å²) in [5, 5.41) is 9.74. The molecule has 4 rings (SSSR count). The van der Waals surface area contributed by atoms with E-state index < -0.39 is 0 Å². The van der Waals surface area contributed by atoms with Crippen molar-refractivity contribution in [1.82, 2.24) is 19.9 Å². The molecule has 0 bridgehead atoms. The molecule has 2 aromatic carbocycles. The molecule has 2 aromatic heterocycles. The molecular formula is C20H17ClN4O2. The van der Waals surface area contributed by atoms with E-state index in [1.165, 1.54) is 0 Å². The minimum atomic E-state index is 0.203. The number of carbonyl (C=O) groups is 1. The Balaban J connectivity index is 1.78. The molecule has 0 atom stereocenters. The highest BCUT2D eigenvalue weighted by molar-refractivity contribution is 6.34. The molecule has 0 aliphatic heterocycles. The first-order valence-corrected chi connectivity index (χ1v) is 8.94. The summed E-state index contributed by atoms with van der Waals surface area (Å²) in [6, 6.07) is 11.4. The summed E-state index contributed by atoms with van der Waals surface area (Å²) in [6.45, 7) is 5.97. The number of nitrogens with zero attached hydrogens (tertiary/aromatic N) is 4. The molecule has 0 radical (unpaired) electrons. The second-order valence-electron chi connectivity index (χ2n) is 6.62. The van der Waals surface area contributed by atoms with E-state index in [2.05, 4.69) is 29.1 Å². The Morgan fingerprint density at radius 2 is 2.04 bits per heavy atom. The van der Waals surface area contributed by atoms with Gasteiger partial charge in [-0.1, -0.05) is 35.0 Å². The van der Waals surface area contributed by atoms with E-state index >= 15 is 0 Å². The van der Waals surface area contributed by atoms with Gasteiger partial charge in [-0.25, -0.2) is 0 Å². The van der Waals surface area contributed by atoms with Crippen molar-refractivity contribution in [2.24, 2.45) is 0 Å². The maximum Gasteiger partial charge on any atom is 0.258 e. The number of aromatic nitrogens is 4. The Bertz CT molecular complexity index is 1160. The van der Waals surface area contributed by atoms with Crippen LogP contribution in [-0.4, -0.2) is 26.2 Å². The maximum atomic E-state index is 11.2. The lowest BCUT2D eigenvalue weighted by Gasteiger charge is -2.06. The number of hydrogen-bond donors (Lipinski definition) is 0. The van der Waals surface area contributed by atoms with Gasteiger partial charge >= 0.3 is 0 Å². The molecule has 0 amide bonds. The zero-order chi connectivity index (χ0) is 19.1. The van der Waals surface area contributed by atoms with Crippen molar-refractivity contribution < 1.29 is 9.32 Å². The number of hydrogen-bond acceptors (Lipinski definition) is 5. The van der Waals surface area contributed by atoms with Crippen LogP contribution in [-0.2, 0) is 0 Å². The van der Waals surface area contributed by atoms with Gasteiger partial charge in [-0.3, -0.25) is 9.48 Å². The lowest BCUT2D eigenvalue weighted by molar-refractivity contribution is 0.112. The predicted molar refractivity (Wildman–Crippen MR) is 104 cm³/mol. The van der Waals surface area contributed by atoms with Crippen LogP contribution in [0, 0.1) is 6.92 Å². The molecule has 4 aromatic rings. The first kappa shape index (κ1) is 17.4. The number of fused-ring (bicyclic) bond motifs is 1. The monoisotopic (exact) mass is 380 g/mol. The first-order valence-electron chi connectivity index (χ1n) is 8.56. The fraction of sp³-hybridized carbons (Fsp3) is 0.200. The van der Waals surface area contributed by atoms with Crippen molar-refractivity contribution in [2.75, 3.05) is 0 Å². The topological polar surface area (TPSA) is 73.8 Å². The van der Waals surface area contributed by atoms with Crippen LogP contribution < -0.4 is 0 Å². The average Bonchev–Trinajstić information content (AvgIpc) is 3.27.